The van der Waals surface area contributed by atoms with Crippen molar-refractivity contribution in [1.82, 2.24) is 10.6 Å². The van der Waals surface area contributed by atoms with E-state index in [9.17, 15) is 9.90 Å². The number of aliphatic hydroxyl groups is 1. The highest BCUT2D eigenvalue weighted by Crippen LogP contribution is 2.22. The molecule has 1 aromatic carbocycles. The van der Waals surface area contributed by atoms with Gasteiger partial charge >= 0.3 is 0 Å². The molecule has 21 heavy (non-hydrogen) atoms. The molecule has 0 aliphatic carbocycles. The molecule has 1 saturated heterocycles. The molecule has 4 heteroatoms. The summed E-state index contributed by atoms with van der Waals surface area (Å²) in [5.74, 6) is 0.553. The van der Waals surface area contributed by atoms with Gasteiger partial charge in [-0.15, -0.1) is 0 Å². The van der Waals surface area contributed by atoms with E-state index in [4.69, 9.17) is 0 Å². The smallest absolute Gasteiger partial charge is 0.251 e. The summed E-state index contributed by atoms with van der Waals surface area (Å²) in [4.78, 5) is 12.5. The first-order valence-corrected chi connectivity index (χ1v) is 7.62. The van der Waals surface area contributed by atoms with E-state index in [1.807, 2.05) is 27.7 Å². The summed E-state index contributed by atoms with van der Waals surface area (Å²) in [6.45, 7) is 10.6. The second-order valence-corrected chi connectivity index (χ2v) is 6.21. The molecule has 3 N–H and O–H groups in total. The number of nitrogens with one attached hydrogen (secondary N) is 2. The number of hydrogen-bond donors (Lipinski definition) is 3. The Labute approximate surface area is 126 Å². The summed E-state index contributed by atoms with van der Waals surface area (Å²) < 4.78 is 0. The van der Waals surface area contributed by atoms with Gasteiger partial charge in [0.2, 0.25) is 0 Å². The second-order valence-electron chi connectivity index (χ2n) is 6.21. The molecule has 0 aromatic heterocycles. The van der Waals surface area contributed by atoms with Crippen molar-refractivity contribution in [3.8, 4) is 0 Å². The van der Waals surface area contributed by atoms with Crippen LogP contribution < -0.4 is 10.6 Å². The van der Waals surface area contributed by atoms with E-state index in [1.54, 1.807) is 0 Å². The van der Waals surface area contributed by atoms with Gasteiger partial charge in [0, 0.05) is 37.7 Å². The van der Waals surface area contributed by atoms with E-state index in [1.165, 1.54) is 0 Å². The van der Waals surface area contributed by atoms with E-state index < -0.39 is 0 Å². The molecule has 0 saturated carbocycles. The predicted molar refractivity (Wildman–Crippen MR) is 84.7 cm³/mol. The molecule has 1 heterocycles. The lowest BCUT2D eigenvalue weighted by atomic mass is 9.93. The van der Waals surface area contributed by atoms with Gasteiger partial charge < -0.3 is 15.7 Å². The van der Waals surface area contributed by atoms with E-state index in [2.05, 4.69) is 16.7 Å². The maximum absolute atomic E-state index is 12.5. The van der Waals surface area contributed by atoms with Crippen molar-refractivity contribution < 1.29 is 9.90 Å². The number of amides is 1. The molecular formula is C17H26N2O2. The Bertz CT molecular complexity index is 514. The minimum atomic E-state index is 0.000361. The number of benzene rings is 1. The molecule has 116 valence electrons. The first kappa shape index (κ1) is 16.0. The number of aryl methyl sites for hydroxylation is 2. The number of carbonyl (C=O) groups is 1. The van der Waals surface area contributed by atoms with Gasteiger partial charge in [-0.05, 0) is 55.9 Å². The van der Waals surface area contributed by atoms with Gasteiger partial charge in [-0.2, -0.15) is 0 Å². The molecule has 0 unspecified atom stereocenters. The normalized spacial score (nSPS) is 21.6. The molecule has 0 bridgehead atoms. The Morgan fingerprint density at radius 2 is 1.76 bits per heavy atom. The van der Waals surface area contributed by atoms with Gasteiger partial charge in [0.05, 0.1) is 0 Å². The standard InChI is InChI=1S/C17H26N2O2/c1-10-5-11(2)13(4)16(12(10)3)17(21)19-8-14-6-18-7-15(14)9-20/h5,14-15,18,20H,6-9H2,1-4H3,(H,19,21)/t14-,15-/m0/s1. The fourth-order valence-corrected chi connectivity index (χ4v) is 3.11. The highest BCUT2D eigenvalue weighted by Gasteiger charge is 2.27. The minimum Gasteiger partial charge on any atom is -0.396 e. The Kier molecular flexibility index (Phi) is 5.01. The summed E-state index contributed by atoms with van der Waals surface area (Å²) in [6.07, 6.45) is 0. The summed E-state index contributed by atoms with van der Waals surface area (Å²) in [6, 6.07) is 2.13. The number of rotatable bonds is 4. The van der Waals surface area contributed by atoms with Crippen molar-refractivity contribution in [2.75, 3.05) is 26.2 Å². The first-order valence-electron chi connectivity index (χ1n) is 7.62. The van der Waals surface area contributed by atoms with E-state index in [0.717, 1.165) is 40.9 Å². The third-order valence-corrected chi connectivity index (χ3v) is 4.83. The largest absolute Gasteiger partial charge is 0.396 e. The molecule has 0 spiro atoms. The first-order chi connectivity index (χ1) is 9.95. The third kappa shape index (κ3) is 3.27. The Balaban J connectivity index is 2.11. The average Bonchev–Trinajstić information content (AvgIpc) is 2.90. The zero-order valence-electron chi connectivity index (χ0n) is 13.4. The van der Waals surface area contributed by atoms with Gasteiger partial charge in [0.25, 0.3) is 5.91 Å². The minimum absolute atomic E-state index is 0.000361. The second kappa shape index (κ2) is 6.58. The highest BCUT2D eigenvalue weighted by molar-refractivity contribution is 5.97. The van der Waals surface area contributed by atoms with Crippen LogP contribution in [0.1, 0.15) is 32.6 Å². The van der Waals surface area contributed by atoms with Crippen LogP contribution in [0.2, 0.25) is 0 Å². The fourth-order valence-electron chi connectivity index (χ4n) is 3.11. The summed E-state index contributed by atoms with van der Waals surface area (Å²) >= 11 is 0. The van der Waals surface area contributed by atoms with Gasteiger partial charge in [0.1, 0.15) is 0 Å². The monoisotopic (exact) mass is 290 g/mol. The van der Waals surface area contributed by atoms with Crippen molar-refractivity contribution in [3.05, 3.63) is 33.9 Å². The Morgan fingerprint density at radius 1 is 1.19 bits per heavy atom. The Morgan fingerprint density at radius 3 is 2.33 bits per heavy atom. The maximum atomic E-state index is 12.5. The Hall–Kier alpha value is -1.39. The van der Waals surface area contributed by atoms with Crippen LogP contribution >= 0.6 is 0 Å². The van der Waals surface area contributed by atoms with Crippen molar-refractivity contribution in [2.45, 2.75) is 27.7 Å². The molecule has 1 aliphatic rings. The van der Waals surface area contributed by atoms with Gasteiger partial charge in [0.15, 0.2) is 0 Å². The van der Waals surface area contributed by atoms with Crippen molar-refractivity contribution in [2.24, 2.45) is 11.8 Å². The van der Waals surface area contributed by atoms with Crippen LogP contribution in [0.4, 0.5) is 0 Å². The van der Waals surface area contributed by atoms with Crippen LogP contribution in [0, 0.1) is 39.5 Å². The van der Waals surface area contributed by atoms with Gasteiger partial charge in [-0.25, -0.2) is 0 Å². The quantitative estimate of drug-likeness (QED) is 0.787. The zero-order chi connectivity index (χ0) is 15.6. The van der Waals surface area contributed by atoms with Gasteiger partial charge in [-0.3, -0.25) is 4.79 Å². The van der Waals surface area contributed by atoms with Crippen LogP contribution in [0.5, 0.6) is 0 Å². The summed E-state index contributed by atoms with van der Waals surface area (Å²) in [5.41, 5.74) is 5.22. The van der Waals surface area contributed by atoms with Crippen LogP contribution in [0.15, 0.2) is 6.07 Å². The van der Waals surface area contributed by atoms with E-state index in [-0.39, 0.29) is 18.4 Å². The van der Waals surface area contributed by atoms with Crippen molar-refractivity contribution in [3.63, 3.8) is 0 Å². The average molecular weight is 290 g/mol. The third-order valence-electron chi connectivity index (χ3n) is 4.83. The van der Waals surface area contributed by atoms with E-state index >= 15 is 0 Å². The summed E-state index contributed by atoms with van der Waals surface area (Å²) in [5, 5.41) is 15.6. The number of carbonyl (C=O) groups excluding carboxylic acids is 1. The fraction of sp³-hybridized carbons (Fsp3) is 0.588. The van der Waals surface area contributed by atoms with Gasteiger partial charge in [-0.1, -0.05) is 6.07 Å². The molecule has 1 aliphatic heterocycles. The lowest BCUT2D eigenvalue weighted by molar-refractivity contribution is 0.0939. The van der Waals surface area contributed by atoms with Crippen LogP contribution in [-0.2, 0) is 0 Å². The van der Waals surface area contributed by atoms with Crippen LogP contribution in [-0.4, -0.2) is 37.3 Å². The topological polar surface area (TPSA) is 61.4 Å². The lowest BCUT2D eigenvalue weighted by Gasteiger charge is -2.19. The molecule has 1 fully saturated rings. The molecular weight excluding hydrogens is 264 g/mol. The molecule has 1 amide bonds. The number of aliphatic hydroxyl groups excluding tert-OH is 1. The summed E-state index contributed by atoms with van der Waals surface area (Å²) in [7, 11) is 0. The van der Waals surface area contributed by atoms with Crippen LogP contribution in [0.3, 0.4) is 0 Å². The zero-order valence-corrected chi connectivity index (χ0v) is 13.4. The molecule has 0 radical (unpaired) electrons. The van der Waals surface area contributed by atoms with E-state index in [0.29, 0.717) is 12.5 Å². The number of hydrogen-bond acceptors (Lipinski definition) is 3. The maximum Gasteiger partial charge on any atom is 0.251 e. The molecule has 2 rings (SSSR count). The molecule has 2 atom stereocenters. The van der Waals surface area contributed by atoms with Crippen LogP contribution in [0.25, 0.3) is 0 Å². The highest BCUT2D eigenvalue weighted by atomic mass is 16.3. The molecule has 1 aromatic rings. The lowest BCUT2D eigenvalue weighted by Crippen LogP contribution is -2.34. The SMILES string of the molecule is Cc1cc(C)c(C)c(C(=O)NC[C@@H]2CNC[C@H]2CO)c1C. The molecule has 4 nitrogen and oxygen atoms in total. The van der Waals surface area contributed by atoms with Crippen molar-refractivity contribution >= 4 is 5.91 Å². The van der Waals surface area contributed by atoms with Crippen molar-refractivity contribution in [1.29, 1.82) is 0 Å². The predicted octanol–water partition coefficient (Wildman–Crippen LogP) is 1.48.